The summed E-state index contributed by atoms with van der Waals surface area (Å²) in [5.74, 6) is 0. The summed E-state index contributed by atoms with van der Waals surface area (Å²) in [6.07, 6.45) is 4.40. The van der Waals surface area contributed by atoms with E-state index in [1.54, 1.807) is 0 Å². The third-order valence-electron chi connectivity index (χ3n) is 3.69. The van der Waals surface area contributed by atoms with E-state index in [9.17, 15) is 0 Å². The minimum absolute atomic E-state index is 0.614. The highest BCUT2D eigenvalue weighted by Crippen LogP contribution is 2.29. The molecule has 0 radical (unpaired) electrons. The molecule has 0 spiro atoms. The van der Waals surface area contributed by atoms with Crippen LogP contribution in [0.15, 0.2) is 12.3 Å². The second-order valence-electron chi connectivity index (χ2n) is 4.78. The lowest BCUT2D eigenvalue weighted by atomic mass is 10.0. The zero-order valence-electron chi connectivity index (χ0n) is 9.41. The lowest BCUT2D eigenvalue weighted by Gasteiger charge is -2.34. The average molecular weight is 238 g/mol. The van der Waals surface area contributed by atoms with Crippen LogP contribution in [0.1, 0.15) is 18.4 Å². The Morgan fingerprint density at radius 1 is 1.56 bits per heavy atom. The van der Waals surface area contributed by atoms with Gasteiger partial charge in [0.15, 0.2) is 0 Å². The highest BCUT2D eigenvalue weighted by atomic mass is 35.5. The summed E-state index contributed by atoms with van der Waals surface area (Å²) in [7, 11) is 0. The van der Waals surface area contributed by atoms with E-state index in [0.29, 0.717) is 11.2 Å². The number of halogens is 1. The van der Waals surface area contributed by atoms with E-state index in [1.807, 2.05) is 13.1 Å². The highest BCUT2D eigenvalue weighted by Gasteiger charge is 2.33. The SMILES string of the molecule is Cc1cc(N2CC[C@@H]3C[C@H]2CN3)cnc1Cl. The zero-order chi connectivity index (χ0) is 11.1. The standard InChI is InChI=1S/C12H16ClN3/c1-8-4-10(7-15-12(8)13)16-3-2-9-5-11(16)6-14-9/h4,7,9,11,14H,2-3,5-6H2,1H3/t9-,11+/m1/s1. The summed E-state index contributed by atoms with van der Waals surface area (Å²) in [5.41, 5.74) is 2.28. The molecule has 0 amide bonds. The lowest BCUT2D eigenvalue weighted by Crippen LogP contribution is -2.40. The number of fused-ring (bicyclic) bond motifs is 2. The first-order chi connectivity index (χ1) is 7.74. The van der Waals surface area contributed by atoms with Crippen LogP contribution in [0.4, 0.5) is 5.69 Å². The molecule has 3 heterocycles. The van der Waals surface area contributed by atoms with E-state index in [2.05, 4.69) is 21.3 Å². The Kier molecular flexibility index (Phi) is 2.52. The minimum atomic E-state index is 0.614. The Bertz CT molecular complexity index is 407. The first-order valence-corrected chi connectivity index (χ1v) is 6.24. The molecule has 2 aliphatic rings. The van der Waals surface area contributed by atoms with E-state index >= 15 is 0 Å². The monoisotopic (exact) mass is 237 g/mol. The predicted octanol–water partition coefficient (Wildman–Crippen LogP) is 1.98. The first-order valence-electron chi connectivity index (χ1n) is 5.86. The molecule has 1 N–H and O–H groups in total. The van der Waals surface area contributed by atoms with Crippen LogP contribution in [0.5, 0.6) is 0 Å². The van der Waals surface area contributed by atoms with Gasteiger partial charge in [-0.2, -0.15) is 0 Å². The van der Waals surface area contributed by atoms with Gasteiger partial charge in [0.25, 0.3) is 0 Å². The Hall–Kier alpha value is -0.800. The molecule has 1 aromatic rings. The van der Waals surface area contributed by atoms with Gasteiger partial charge in [-0.1, -0.05) is 11.6 Å². The van der Waals surface area contributed by atoms with Gasteiger partial charge in [0.1, 0.15) is 5.15 Å². The van der Waals surface area contributed by atoms with Gasteiger partial charge in [-0.25, -0.2) is 4.98 Å². The van der Waals surface area contributed by atoms with E-state index < -0.39 is 0 Å². The van der Waals surface area contributed by atoms with Crippen LogP contribution in [0, 0.1) is 6.92 Å². The molecule has 0 saturated carbocycles. The van der Waals surface area contributed by atoms with Gasteiger partial charge in [-0.3, -0.25) is 0 Å². The van der Waals surface area contributed by atoms with Gasteiger partial charge in [-0.05, 0) is 31.4 Å². The van der Waals surface area contributed by atoms with Crippen molar-refractivity contribution in [1.29, 1.82) is 0 Å². The van der Waals surface area contributed by atoms with E-state index in [4.69, 9.17) is 11.6 Å². The molecular weight excluding hydrogens is 222 g/mol. The van der Waals surface area contributed by atoms with Crippen LogP contribution in [-0.4, -0.2) is 30.2 Å². The number of rotatable bonds is 1. The van der Waals surface area contributed by atoms with E-state index in [0.717, 1.165) is 24.7 Å². The van der Waals surface area contributed by atoms with Gasteiger partial charge in [0.2, 0.25) is 0 Å². The molecule has 1 aromatic heterocycles. The van der Waals surface area contributed by atoms with Crippen LogP contribution in [0.2, 0.25) is 5.15 Å². The largest absolute Gasteiger partial charge is 0.366 e. The lowest BCUT2D eigenvalue weighted by molar-refractivity contribution is 0.490. The van der Waals surface area contributed by atoms with Gasteiger partial charge < -0.3 is 10.2 Å². The Morgan fingerprint density at radius 2 is 2.44 bits per heavy atom. The zero-order valence-corrected chi connectivity index (χ0v) is 10.2. The fraction of sp³-hybridized carbons (Fsp3) is 0.583. The van der Waals surface area contributed by atoms with Crippen molar-refractivity contribution in [3.05, 3.63) is 23.0 Å². The van der Waals surface area contributed by atoms with Crippen molar-refractivity contribution in [3.63, 3.8) is 0 Å². The number of hydrogen-bond acceptors (Lipinski definition) is 3. The molecule has 2 atom stereocenters. The molecule has 0 aromatic carbocycles. The van der Waals surface area contributed by atoms with Crippen molar-refractivity contribution >= 4 is 17.3 Å². The fourth-order valence-corrected chi connectivity index (χ4v) is 2.88. The summed E-state index contributed by atoms with van der Waals surface area (Å²) >= 11 is 5.96. The molecule has 86 valence electrons. The maximum Gasteiger partial charge on any atom is 0.132 e. The van der Waals surface area contributed by atoms with E-state index in [1.165, 1.54) is 18.5 Å². The maximum absolute atomic E-state index is 5.96. The van der Waals surface area contributed by atoms with Gasteiger partial charge in [-0.15, -0.1) is 0 Å². The quantitative estimate of drug-likeness (QED) is 0.758. The Balaban J connectivity index is 1.88. The van der Waals surface area contributed by atoms with Crippen molar-refractivity contribution in [2.24, 2.45) is 0 Å². The average Bonchev–Trinajstić information content (AvgIpc) is 2.65. The Labute approximate surface area is 101 Å². The summed E-state index contributed by atoms with van der Waals surface area (Å²) < 4.78 is 0. The first kappa shape index (κ1) is 10.4. The molecule has 2 fully saturated rings. The minimum Gasteiger partial charge on any atom is -0.366 e. The summed E-state index contributed by atoms with van der Waals surface area (Å²) in [6, 6.07) is 3.53. The number of pyridine rings is 1. The number of hydrogen-bond donors (Lipinski definition) is 1. The third-order valence-corrected chi connectivity index (χ3v) is 4.09. The van der Waals surface area contributed by atoms with Crippen molar-refractivity contribution in [2.45, 2.75) is 31.8 Å². The molecule has 2 bridgehead atoms. The second-order valence-corrected chi connectivity index (χ2v) is 5.14. The number of anilines is 1. The summed E-state index contributed by atoms with van der Waals surface area (Å²) in [5, 5.41) is 4.17. The van der Waals surface area contributed by atoms with Crippen LogP contribution in [-0.2, 0) is 0 Å². The molecule has 3 nitrogen and oxygen atoms in total. The number of aryl methyl sites for hydroxylation is 1. The van der Waals surface area contributed by atoms with Crippen LogP contribution in [0.3, 0.4) is 0 Å². The van der Waals surface area contributed by atoms with Gasteiger partial charge >= 0.3 is 0 Å². The normalized spacial score (nSPS) is 28.5. The van der Waals surface area contributed by atoms with Crippen molar-refractivity contribution < 1.29 is 0 Å². The Morgan fingerprint density at radius 3 is 3.25 bits per heavy atom. The molecule has 4 heteroatoms. The maximum atomic E-state index is 5.96. The number of nitrogens with one attached hydrogen (secondary N) is 1. The smallest absolute Gasteiger partial charge is 0.132 e. The van der Waals surface area contributed by atoms with E-state index in [-0.39, 0.29) is 0 Å². The summed E-state index contributed by atoms with van der Waals surface area (Å²) in [6.45, 7) is 4.25. The summed E-state index contributed by atoms with van der Waals surface area (Å²) in [4.78, 5) is 6.70. The van der Waals surface area contributed by atoms with Crippen molar-refractivity contribution in [3.8, 4) is 0 Å². The number of aromatic nitrogens is 1. The molecule has 0 unspecified atom stereocenters. The molecule has 2 aliphatic heterocycles. The highest BCUT2D eigenvalue weighted by molar-refractivity contribution is 6.30. The third kappa shape index (κ3) is 1.68. The molecular formula is C12H16ClN3. The van der Waals surface area contributed by atoms with Gasteiger partial charge in [0, 0.05) is 25.2 Å². The molecule has 2 saturated heterocycles. The molecule has 0 aliphatic carbocycles. The van der Waals surface area contributed by atoms with Gasteiger partial charge in [0.05, 0.1) is 11.9 Å². The molecule has 16 heavy (non-hydrogen) atoms. The number of nitrogens with zero attached hydrogens (tertiary/aromatic N) is 2. The van der Waals surface area contributed by atoms with Crippen LogP contribution in [0.25, 0.3) is 0 Å². The van der Waals surface area contributed by atoms with Crippen molar-refractivity contribution in [2.75, 3.05) is 18.0 Å². The van der Waals surface area contributed by atoms with Crippen molar-refractivity contribution in [1.82, 2.24) is 10.3 Å². The molecule has 3 rings (SSSR count). The number of piperidine rings is 1. The topological polar surface area (TPSA) is 28.2 Å². The predicted molar refractivity (Wildman–Crippen MR) is 66.1 cm³/mol. The van der Waals surface area contributed by atoms with Crippen LogP contribution < -0.4 is 10.2 Å². The van der Waals surface area contributed by atoms with Crippen LogP contribution >= 0.6 is 11.6 Å². The second kappa shape index (κ2) is 3.90. The fourth-order valence-electron chi connectivity index (χ4n) is 2.77.